The first kappa shape index (κ1) is 10.6. The molecule has 3 nitrogen and oxygen atoms in total. The number of nitrogens with one attached hydrogen (secondary N) is 1. The molecule has 0 saturated carbocycles. The molecule has 16 heavy (non-hydrogen) atoms. The molecule has 0 bridgehead atoms. The number of hydrogen-bond donors (Lipinski definition) is 1. The Morgan fingerprint density at radius 2 is 1.88 bits per heavy atom. The van der Waals surface area contributed by atoms with Gasteiger partial charge in [0.15, 0.2) is 5.82 Å². The summed E-state index contributed by atoms with van der Waals surface area (Å²) in [5, 5.41) is 3.23. The van der Waals surface area contributed by atoms with Gasteiger partial charge in [0.2, 0.25) is 0 Å². The molecule has 0 unspecified atom stereocenters. The highest BCUT2D eigenvalue weighted by atomic mass is 15.0. The van der Waals surface area contributed by atoms with Crippen LogP contribution in [-0.4, -0.2) is 16.5 Å². The second kappa shape index (κ2) is 4.75. The van der Waals surface area contributed by atoms with E-state index in [4.69, 9.17) is 0 Å². The van der Waals surface area contributed by atoms with E-state index in [-0.39, 0.29) is 0 Å². The fourth-order valence-corrected chi connectivity index (χ4v) is 1.67. The van der Waals surface area contributed by atoms with Crippen LogP contribution in [0.4, 0.5) is 5.82 Å². The number of anilines is 1. The maximum Gasteiger partial charge on any atom is 0.152 e. The molecule has 0 spiro atoms. The second-order valence-electron chi connectivity index (χ2n) is 3.60. The van der Waals surface area contributed by atoms with Gasteiger partial charge in [-0.3, -0.25) is 4.98 Å². The van der Waals surface area contributed by atoms with Crippen molar-refractivity contribution in [2.45, 2.75) is 13.8 Å². The molecule has 0 aliphatic carbocycles. The molecule has 0 radical (unpaired) electrons. The van der Waals surface area contributed by atoms with E-state index in [1.54, 1.807) is 12.4 Å². The summed E-state index contributed by atoms with van der Waals surface area (Å²) in [5.74, 6) is 0.847. The van der Waals surface area contributed by atoms with Gasteiger partial charge in [0.25, 0.3) is 0 Å². The minimum absolute atomic E-state index is 0.845. The van der Waals surface area contributed by atoms with Crippen molar-refractivity contribution in [1.82, 2.24) is 9.97 Å². The Balaban J connectivity index is 2.51. The molecule has 2 aromatic rings. The maximum absolute atomic E-state index is 4.40. The molecule has 1 heterocycles. The lowest BCUT2D eigenvalue weighted by Crippen LogP contribution is -2.02. The third-order valence-electron chi connectivity index (χ3n) is 2.44. The molecule has 0 aliphatic heterocycles. The van der Waals surface area contributed by atoms with E-state index in [0.717, 1.165) is 23.6 Å². The minimum Gasteiger partial charge on any atom is -0.369 e. The molecule has 1 aromatic carbocycles. The van der Waals surface area contributed by atoms with Crippen LogP contribution < -0.4 is 5.32 Å². The highest BCUT2D eigenvalue weighted by Gasteiger charge is 2.08. The summed E-state index contributed by atoms with van der Waals surface area (Å²) < 4.78 is 0. The summed E-state index contributed by atoms with van der Waals surface area (Å²) in [7, 11) is 0. The molecule has 0 atom stereocenters. The van der Waals surface area contributed by atoms with Crippen LogP contribution in [0, 0.1) is 6.92 Å². The maximum atomic E-state index is 4.40. The van der Waals surface area contributed by atoms with Gasteiger partial charge in [-0.1, -0.05) is 24.3 Å². The Kier molecular flexibility index (Phi) is 3.15. The van der Waals surface area contributed by atoms with E-state index in [0.29, 0.717) is 0 Å². The Morgan fingerprint density at radius 3 is 2.62 bits per heavy atom. The number of aromatic nitrogens is 2. The minimum atomic E-state index is 0.845. The van der Waals surface area contributed by atoms with E-state index >= 15 is 0 Å². The topological polar surface area (TPSA) is 37.8 Å². The Morgan fingerprint density at radius 1 is 1.12 bits per heavy atom. The van der Waals surface area contributed by atoms with Gasteiger partial charge >= 0.3 is 0 Å². The number of nitrogens with zero attached hydrogens (tertiary/aromatic N) is 2. The van der Waals surface area contributed by atoms with Crippen LogP contribution in [0.2, 0.25) is 0 Å². The van der Waals surface area contributed by atoms with E-state index in [9.17, 15) is 0 Å². The van der Waals surface area contributed by atoms with Gasteiger partial charge in [-0.15, -0.1) is 0 Å². The standard InChI is InChI=1S/C13H15N3/c1-3-14-13-12(15-8-9-16-13)11-7-5-4-6-10(11)2/h4-9H,3H2,1-2H3,(H,14,16). The lowest BCUT2D eigenvalue weighted by Gasteiger charge is -2.10. The summed E-state index contributed by atoms with van der Waals surface area (Å²) >= 11 is 0. The molecule has 82 valence electrons. The van der Waals surface area contributed by atoms with Crippen LogP contribution in [0.5, 0.6) is 0 Å². The van der Waals surface area contributed by atoms with E-state index in [2.05, 4.69) is 41.3 Å². The number of hydrogen-bond acceptors (Lipinski definition) is 3. The van der Waals surface area contributed by atoms with E-state index in [1.165, 1.54) is 5.56 Å². The number of rotatable bonds is 3. The molecule has 0 fully saturated rings. The molecule has 1 aromatic heterocycles. The van der Waals surface area contributed by atoms with Gasteiger partial charge in [0.05, 0.1) is 0 Å². The first-order valence-corrected chi connectivity index (χ1v) is 5.43. The van der Waals surface area contributed by atoms with Gasteiger partial charge in [-0.05, 0) is 19.4 Å². The van der Waals surface area contributed by atoms with E-state index in [1.807, 2.05) is 12.1 Å². The third kappa shape index (κ3) is 2.03. The summed E-state index contributed by atoms with van der Waals surface area (Å²) in [6, 6.07) is 8.20. The zero-order chi connectivity index (χ0) is 11.4. The van der Waals surface area contributed by atoms with Crippen LogP contribution in [0.3, 0.4) is 0 Å². The quantitative estimate of drug-likeness (QED) is 0.851. The second-order valence-corrected chi connectivity index (χ2v) is 3.60. The molecule has 0 amide bonds. The predicted molar refractivity (Wildman–Crippen MR) is 66.4 cm³/mol. The average molecular weight is 213 g/mol. The highest BCUT2D eigenvalue weighted by Crippen LogP contribution is 2.25. The third-order valence-corrected chi connectivity index (χ3v) is 2.44. The summed E-state index contributed by atoms with van der Waals surface area (Å²) in [4.78, 5) is 8.72. The average Bonchev–Trinajstić information content (AvgIpc) is 2.31. The Hall–Kier alpha value is -1.90. The lowest BCUT2D eigenvalue weighted by molar-refractivity contribution is 1.12. The molecular formula is C13H15N3. The van der Waals surface area contributed by atoms with Gasteiger partial charge in [-0.25, -0.2) is 4.98 Å². The summed E-state index contributed by atoms with van der Waals surface area (Å²) in [5.41, 5.74) is 3.26. The van der Waals surface area contributed by atoms with Crippen molar-refractivity contribution < 1.29 is 0 Å². The predicted octanol–water partition coefficient (Wildman–Crippen LogP) is 2.88. The molecule has 0 aliphatic rings. The van der Waals surface area contributed by atoms with Crippen LogP contribution >= 0.6 is 0 Å². The smallest absolute Gasteiger partial charge is 0.152 e. The van der Waals surface area contributed by atoms with Crippen molar-refractivity contribution in [2.24, 2.45) is 0 Å². The highest BCUT2D eigenvalue weighted by molar-refractivity contribution is 5.73. The molecule has 0 saturated heterocycles. The fourth-order valence-electron chi connectivity index (χ4n) is 1.67. The number of benzene rings is 1. The first-order valence-electron chi connectivity index (χ1n) is 5.43. The van der Waals surface area contributed by atoms with Crippen molar-refractivity contribution in [1.29, 1.82) is 0 Å². The molecular weight excluding hydrogens is 198 g/mol. The van der Waals surface area contributed by atoms with Gasteiger partial charge in [0, 0.05) is 24.5 Å². The van der Waals surface area contributed by atoms with Crippen LogP contribution in [0.25, 0.3) is 11.3 Å². The normalized spacial score (nSPS) is 10.1. The largest absolute Gasteiger partial charge is 0.369 e. The van der Waals surface area contributed by atoms with Gasteiger partial charge in [-0.2, -0.15) is 0 Å². The summed E-state index contributed by atoms with van der Waals surface area (Å²) in [6.45, 7) is 4.98. The SMILES string of the molecule is CCNc1nccnc1-c1ccccc1C. The van der Waals surface area contributed by atoms with Crippen molar-refractivity contribution in [3.05, 3.63) is 42.2 Å². The summed E-state index contributed by atoms with van der Waals surface area (Å²) in [6.07, 6.45) is 3.43. The van der Waals surface area contributed by atoms with E-state index < -0.39 is 0 Å². The van der Waals surface area contributed by atoms with Gasteiger partial charge < -0.3 is 5.32 Å². The molecule has 1 N–H and O–H groups in total. The molecule has 3 heteroatoms. The fraction of sp³-hybridized carbons (Fsp3) is 0.231. The first-order chi connectivity index (χ1) is 7.83. The zero-order valence-corrected chi connectivity index (χ0v) is 9.57. The van der Waals surface area contributed by atoms with Crippen LogP contribution in [0.1, 0.15) is 12.5 Å². The van der Waals surface area contributed by atoms with Crippen LogP contribution in [0.15, 0.2) is 36.7 Å². The van der Waals surface area contributed by atoms with Crippen molar-refractivity contribution in [3.8, 4) is 11.3 Å². The van der Waals surface area contributed by atoms with Crippen molar-refractivity contribution >= 4 is 5.82 Å². The Bertz CT molecular complexity index is 480. The number of aryl methyl sites for hydroxylation is 1. The van der Waals surface area contributed by atoms with Crippen LogP contribution in [-0.2, 0) is 0 Å². The van der Waals surface area contributed by atoms with Crippen molar-refractivity contribution in [2.75, 3.05) is 11.9 Å². The zero-order valence-electron chi connectivity index (χ0n) is 9.57. The monoisotopic (exact) mass is 213 g/mol. The Labute approximate surface area is 95.6 Å². The van der Waals surface area contributed by atoms with Crippen molar-refractivity contribution in [3.63, 3.8) is 0 Å². The lowest BCUT2D eigenvalue weighted by atomic mass is 10.1. The van der Waals surface area contributed by atoms with Gasteiger partial charge in [0.1, 0.15) is 5.69 Å². The molecule has 2 rings (SSSR count).